The maximum atomic E-state index is 13.3. The first-order valence-electron chi connectivity index (χ1n) is 4.84. The lowest BCUT2D eigenvalue weighted by molar-refractivity contribution is -0.140. The second-order valence-corrected chi connectivity index (χ2v) is 4.45. The zero-order chi connectivity index (χ0) is 13.3. The lowest BCUT2D eigenvalue weighted by Crippen LogP contribution is -2.09. The van der Waals surface area contributed by atoms with Gasteiger partial charge in [-0.2, -0.15) is 13.2 Å². The minimum Gasteiger partial charge on any atom is -0.288 e. The van der Waals surface area contributed by atoms with Crippen molar-refractivity contribution < 1.29 is 22.4 Å². The quantitative estimate of drug-likeness (QED) is 0.594. The minimum atomic E-state index is -4.76. The molecule has 0 saturated carbocycles. The Hall–Kier alpha value is -1.69. The van der Waals surface area contributed by atoms with Gasteiger partial charge in [-0.15, -0.1) is 11.3 Å². The molecule has 1 aromatic carbocycles. The second-order valence-electron chi connectivity index (χ2n) is 3.50. The molecule has 6 heteroatoms. The van der Waals surface area contributed by atoms with E-state index in [-0.39, 0.29) is 5.56 Å². The Morgan fingerprint density at radius 2 is 1.89 bits per heavy atom. The fraction of sp³-hybridized carbons (Fsp3) is 0.0833. The van der Waals surface area contributed by atoms with Crippen molar-refractivity contribution in [3.8, 4) is 0 Å². The smallest absolute Gasteiger partial charge is 0.288 e. The van der Waals surface area contributed by atoms with E-state index in [9.17, 15) is 22.4 Å². The first-order valence-corrected chi connectivity index (χ1v) is 5.72. The number of carbonyl (C=O) groups is 1. The highest BCUT2D eigenvalue weighted by Gasteiger charge is 2.34. The minimum absolute atomic E-state index is 0.0945. The molecule has 0 aliphatic heterocycles. The van der Waals surface area contributed by atoms with Crippen molar-refractivity contribution in [1.82, 2.24) is 0 Å². The van der Waals surface area contributed by atoms with Crippen LogP contribution in [0.5, 0.6) is 0 Å². The Labute approximate surface area is 104 Å². The van der Waals surface area contributed by atoms with Gasteiger partial charge in [-0.25, -0.2) is 4.39 Å². The van der Waals surface area contributed by atoms with Crippen molar-refractivity contribution in [2.24, 2.45) is 0 Å². The fourth-order valence-corrected chi connectivity index (χ4v) is 2.12. The third-order valence-electron chi connectivity index (χ3n) is 2.28. The van der Waals surface area contributed by atoms with E-state index in [2.05, 4.69) is 0 Å². The molecule has 1 heterocycles. The summed E-state index contributed by atoms with van der Waals surface area (Å²) in [6.07, 6.45) is -4.76. The van der Waals surface area contributed by atoms with Crippen LogP contribution < -0.4 is 0 Å². The van der Waals surface area contributed by atoms with E-state index in [1.54, 1.807) is 11.4 Å². The molecule has 0 spiro atoms. The van der Waals surface area contributed by atoms with Gasteiger partial charge in [0.1, 0.15) is 5.82 Å². The third-order valence-corrected chi connectivity index (χ3v) is 3.15. The second kappa shape index (κ2) is 4.53. The van der Waals surface area contributed by atoms with Gasteiger partial charge in [-0.05, 0) is 23.6 Å². The number of ketones is 1. The van der Waals surface area contributed by atoms with Crippen LogP contribution in [0.1, 0.15) is 20.8 Å². The Morgan fingerprint density at radius 3 is 2.39 bits per heavy atom. The summed E-state index contributed by atoms with van der Waals surface area (Å²) in [5, 5.41) is 1.66. The standard InChI is InChI=1S/C12H6F4OS/c13-9-6-7(3-4-8(9)12(14,15)16)11(17)10-2-1-5-18-10/h1-6H. The van der Waals surface area contributed by atoms with Gasteiger partial charge in [0.25, 0.3) is 0 Å². The van der Waals surface area contributed by atoms with Crippen LogP contribution in [0.15, 0.2) is 35.7 Å². The molecule has 0 unspecified atom stereocenters. The van der Waals surface area contributed by atoms with Crippen molar-refractivity contribution >= 4 is 17.1 Å². The maximum absolute atomic E-state index is 13.3. The molecule has 2 rings (SSSR count). The van der Waals surface area contributed by atoms with Crippen molar-refractivity contribution in [2.75, 3.05) is 0 Å². The van der Waals surface area contributed by atoms with Crippen LogP contribution in [0.4, 0.5) is 17.6 Å². The van der Waals surface area contributed by atoms with Crippen LogP contribution in [0.3, 0.4) is 0 Å². The topological polar surface area (TPSA) is 17.1 Å². The van der Waals surface area contributed by atoms with Gasteiger partial charge in [0, 0.05) is 5.56 Å². The molecule has 0 atom stereocenters. The van der Waals surface area contributed by atoms with E-state index in [1.165, 1.54) is 6.07 Å². The van der Waals surface area contributed by atoms with Gasteiger partial charge in [0.05, 0.1) is 10.4 Å². The average Bonchev–Trinajstić information content (AvgIpc) is 2.79. The summed E-state index contributed by atoms with van der Waals surface area (Å²) in [4.78, 5) is 12.1. The summed E-state index contributed by atoms with van der Waals surface area (Å²) in [5.41, 5.74) is -1.46. The van der Waals surface area contributed by atoms with E-state index in [0.717, 1.165) is 17.4 Å². The van der Waals surface area contributed by atoms with Gasteiger partial charge >= 0.3 is 6.18 Å². The van der Waals surface area contributed by atoms with E-state index >= 15 is 0 Å². The van der Waals surface area contributed by atoms with E-state index in [0.29, 0.717) is 17.0 Å². The molecule has 0 amide bonds. The molecule has 0 radical (unpaired) electrons. The summed E-state index contributed by atoms with van der Waals surface area (Å²) in [5.74, 6) is -1.93. The van der Waals surface area contributed by atoms with E-state index < -0.39 is 23.3 Å². The summed E-state index contributed by atoms with van der Waals surface area (Å²) >= 11 is 1.15. The molecule has 0 saturated heterocycles. The normalized spacial score (nSPS) is 11.6. The number of halogens is 4. The fourth-order valence-electron chi connectivity index (χ4n) is 1.44. The number of benzene rings is 1. The van der Waals surface area contributed by atoms with Crippen LogP contribution in [0.2, 0.25) is 0 Å². The molecule has 0 N–H and O–H groups in total. The monoisotopic (exact) mass is 274 g/mol. The lowest BCUT2D eigenvalue weighted by Gasteiger charge is -2.08. The van der Waals surface area contributed by atoms with Gasteiger partial charge in [-0.3, -0.25) is 4.79 Å². The van der Waals surface area contributed by atoms with Crippen molar-refractivity contribution in [3.05, 3.63) is 57.5 Å². The average molecular weight is 274 g/mol. The number of rotatable bonds is 2. The highest BCUT2D eigenvalue weighted by Crippen LogP contribution is 2.32. The molecular formula is C12H6F4OS. The van der Waals surface area contributed by atoms with Gasteiger partial charge in [0.2, 0.25) is 5.78 Å². The van der Waals surface area contributed by atoms with Crippen molar-refractivity contribution in [3.63, 3.8) is 0 Å². The SMILES string of the molecule is O=C(c1ccc(C(F)(F)F)c(F)c1)c1cccs1. The third kappa shape index (κ3) is 2.43. The van der Waals surface area contributed by atoms with E-state index in [1.807, 2.05) is 0 Å². The highest BCUT2D eigenvalue weighted by molar-refractivity contribution is 7.12. The molecule has 0 fully saturated rings. The molecule has 0 bridgehead atoms. The van der Waals surface area contributed by atoms with Crippen LogP contribution in [0.25, 0.3) is 0 Å². The number of alkyl halides is 3. The Bertz CT molecular complexity index is 572. The first-order chi connectivity index (χ1) is 8.39. The summed E-state index contributed by atoms with van der Waals surface area (Å²) in [7, 11) is 0. The predicted molar refractivity (Wildman–Crippen MR) is 59.2 cm³/mol. The van der Waals surface area contributed by atoms with Crippen molar-refractivity contribution in [2.45, 2.75) is 6.18 Å². The summed E-state index contributed by atoms with van der Waals surface area (Å²) < 4.78 is 50.3. The number of carbonyl (C=O) groups excluding carboxylic acids is 1. The number of hydrogen-bond donors (Lipinski definition) is 0. The summed E-state index contributed by atoms with van der Waals surface area (Å²) in [6, 6.07) is 5.34. The predicted octanol–water partition coefficient (Wildman–Crippen LogP) is 4.14. The first kappa shape index (κ1) is 12.8. The zero-order valence-corrected chi connectivity index (χ0v) is 9.61. The molecule has 94 valence electrons. The lowest BCUT2D eigenvalue weighted by atomic mass is 10.1. The molecule has 2 aromatic rings. The Balaban J connectivity index is 2.38. The van der Waals surface area contributed by atoms with Gasteiger partial charge in [0.15, 0.2) is 0 Å². The largest absolute Gasteiger partial charge is 0.419 e. The summed E-state index contributed by atoms with van der Waals surface area (Å²) in [6.45, 7) is 0. The molecular weight excluding hydrogens is 268 g/mol. The van der Waals surface area contributed by atoms with Gasteiger partial charge in [-0.1, -0.05) is 12.1 Å². The molecule has 0 aliphatic carbocycles. The van der Waals surface area contributed by atoms with Crippen LogP contribution in [-0.4, -0.2) is 5.78 Å². The molecule has 1 aromatic heterocycles. The number of hydrogen-bond acceptors (Lipinski definition) is 2. The van der Waals surface area contributed by atoms with Gasteiger partial charge < -0.3 is 0 Å². The van der Waals surface area contributed by atoms with Crippen LogP contribution in [0, 0.1) is 5.82 Å². The van der Waals surface area contributed by atoms with Crippen LogP contribution in [-0.2, 0) is 6.18 Å². The molecule has 1 nitrogen and oxygen atoms in total. The molecule has 0 aliphatic rings. The highest BCUT2D eigenvalue weighted by atomic mass is 32.1. The zero-order valence-electron chi connectivity index (χ0n) is 8.79. The molecule has 18 heavy (non-hydrogen) atoms. The Kier molecular flexibility index (Phi) is 3.21. The van der Waals surface area contributed by atoms with E-state index in [4.69, 9.17) is 0 Å². The van der Waals surface area contributed by atoms with Crippen LogP contribution >= 0.6 is 11.3 Å². The Morgan fingerprint density at radius 1 is 1.17 bits per heavy atom. The van der Waals surface area contributed by atoms with Crippen molar-refractivity contribution in [1.29, 1.82) is 0 Å². The number of thiophene rings is 1. The maximum Gasteiger partial charge on any atom is 0.419 e.